The third-order valence-corrected chi connectivity index (χ3v) is 6.36. The van der Waals surface area contributed by atoms with Crippen LogP contribution in [-0.2, 0) is 13.0 Å². The molecule has 6 nitrogen and oxygen atoms in total. The first-order valence-electron chi connectivity index (χ1n) is 11.4. The molecule has 2 amide bonds. The van der Waals surface area contributed by atoms with Crippen molar-refractivity contribution in [2.75, 3.05) is 5.32 Å². The molecule has 0 bridgehead atoms. The van der Waals surface area contributed by atoms with Gasteiger partial charge >= 0.3 is 6.03 Å². The summed E-state index contributed by atoms with van der Waals surface area (Å²) >= 11 is 0. The highest BCUT2D eigenvalue weighted by Crippen LogP contribution is 2.33. The largest absolute Gasteiger partial charge is 0.322 e. The van der Waals surface area contributed by atoms with Crippen LogP contribution in [0.2, 0.25) is 0 Å². The predicted octanol–water partition coefficient (Wildman–Crippen LogP) is 5.40. The van der Waals surface area contributed by atoms with E-state index in [0.717, 1.165) is 36.2 Å². The van der Waals surface area contributed by atoms with E-state index in [0.29, 0.717) is 25.2 Å². The summed E-state index contributed by atoms with van der Waals surface area (Å²) in [5, 5.41) is 3.08. The van der Waals surface area contributed by atoms with Gasteiger partial charge in [0.2, 0.25) is 0 Å². The Balaban J connectivity index is 1.74. The minimum Gasteiger partial charge on any atom is -0.312 e. The van der Waals surface area contributed by atoms with Crippen LogP contribution in [0.5, 0.6) is 0 Å². The van der Waals surface area contributed by atoms with E-state index in [1.54, 1.807) is 4.90 Å². The molecule has 1 N–H and O–H groups in total. The first kappa shape index (κ1) is 22.9. The van der Waals surface area contributed by atoms with Gasteiger partial charge in [-0.1, -0.05) is 38.5 Å². The maximum Gasteiger partial charge on any atom is 0.322 e. The number of benzene rings is 2. The number of carbonyl (C=O) groups excluding carboxylic acids is 1. The fourth-order valence-electron chi connectivity index (χ4n) is 4.50. The molecular formula is C25H28F2N4O2. The molecule has 3 aromatic rings. The van der Waals surface area contributed by atoms with Crippen molar-refractivity contribution in [3.8, 4) is 0 Å². The van der Waals surface area contributed by atoms with Gasteiger partial charge in [0.25, 0.3) is 5.56 Å². The van der Waals surface area contributed by atoms with Gasteiger partial charge in [-0.15, -0.1) is 0 Å². The van der Waals surface area contributed by atoms with Gasteiger partial charge in [0.1, 0.15) is 5.82 Å². The number of amides is 2. The average molecular weight is 455 g/mol. The lowest BCUT2D eigenvalue weighted by Crippen LogP contribution is -2.44. The molecule has 1 aliphatic rings. The van der Waals surface area contributed by atoms with Crippen LogP contribution in [0, 0.1) is 11.6 Å². The number of nitrogens with zero attached hydrogens (tertiary/aromatic N) is 3. The molecule has 2 atom stereocenters. The quantitative estimate of drug-likeness (QED) is 0.542. The molecule has 4 rings (SSSR count). The summed E-state index contributed by atoms with van der Waals surface area (Å²) in [6, 6.07) is 8.69. The van der Waals surface area contributed by atoms with Crippen LogP contribution in [0.3, 0.4) is 0 Å². The monoisotopic (exact) mass is 454 g/mol. The van der Waals surface area contributed by atoms with Crippen LogP contribution < -0.4 is 10.9 Å². The molecule has 0 saturated carbocycles. The molecule has 2 unspecified atom stereocenters. The van der Waals surface area contributed by atoms with Gasteiger partial charge in [-0.05, 0) is 43.9 Å². The van der Waals surface area contributed by atoms with E-state index in [-0.39, 0.29) is 23.0 Å². The number of halogens is 2. The van der Waals surface area contributed by atoms with Gasteiger partial charge in [-0.3, -0.25) is 9.36 Å². The molecule has 8 heteroatoms. The highest BCUT2D eigenvalue weighted by molar-refractivity contribution is 5.90. The highest BCUT2D eigenvalue weighted by atomic mass is 19.2. The van der Waals surface area contributed by atoms with Crippen molar-refractivity contribution in [3.05, 3.63) is 69.8 Å². The van der Waals surface area contributed by atoms with Crippen molar-refractivity contribution in [3.63, 3.8) is 0 Å². The second-order valence-electron chi connectivity index (χ2n) is 8.52. The fraction of sp³-hybridized carbons (Fsp3) is 0.400. The number of carbonyl (C=O) groups is 1. The maximum atomic E-state index is 13.8. The Morgan fingerprint density at radius 3 is 2.70 bits per heavy atom. The minimum atomic E-state index is -1.08. The number of hydrogen-bond acceptors (Lipinski definition) is 3. The van der Waals surface area contributed by atoms with Gasteiger partial charge in [0.05, 0.1) is 16.9 Å². The molecule has 2 aromatic carbocycles. The first-order valence-corrected chi connectivity index (χ1v) is 11.4. The number of hydrogen-bond donors (Lipinski definition) is 1. The Morgan fingerprint density at radius 1 is 1.24 bits per heavy atom. The molecule has 0 radical (unpaired) electrons. The Morgan fingerprint density at radius 2 is 1.97 bits per heavy atom. The second-order valence-corrected chi connectivity index (χ2v) is 8.52. The number of aromatic nitrogens is 2. The molecule has 174 valence electrons. The molecular weight excluding hydrogens is 426 g/mol. The van der Waals surface area contributed by atoms with E-state index < -0.39 is 23.2 Å². The Labute approximate surface area is 191 Å². The van der Waals surface area contributed by atoms with Crippen LogP contribution in [-0.4, -0.2) is 26.5 Å². The van der Waals surface area contributed by atoms with E-state index in [2.05, 4.69) is 17.2 Å². The van der Waals surface area contributed by atoms with E-state index >= 15 is 0 Å². The number of anilines is 1. The van der Waals surface area contributed by atoms with Gasteiger partial charge in [0, 0.05) is 24.3 Å². The summed E-state index contributed by atoms with van der Waals surface area (Å²) in [5.41, 5.74) is 1.49. The van der Waals surface area contributed by atoms with Crippen LogP contribution in [0.4, 0.5) is 19.3 Å². The average Bonchev–Trinajstić information content (AvgIpc) is 3.20. The Hall–Kier alpha value is -3.29. The third kappa shape index (κ3) is 4.21. The summed E-state index contributed by atoms with van der Waals surface area (Å²) in [7, 11) is 0. The Kier molecular flexibility index (Phi) is 6.44. The van der Waals surface area contributed by atoms with Crippen LogP contribution in [0.25, 0.3) is 10.9 Å². The number of urea groups is 1. The Bertz CT molecular complexity index is 1260. The molecule has 0 aliphatic carbocycles. The van der Waals surface area contributed by atoms with Crippen LogP contribution in [0.15, 0.2) is 41.2 Å². The number of aryl methyl sites for hydroxylation is 1. The topological polar surface area (TPSA) is 67.2 Å². The van der Waals surface area contributed by atoms with Crippen LogP contribution >= 0.6 is 0 Å². The number of nitrogens with one attached hydrogen (secondary N) is 1. The number of fused-ring (bicyclic) bond motifs is 2. The zero-order chi connectivity index (χ0) is 23.7. The summed E-state index contributed by atoms with van der Waals surface area (Å²) in [5.74, 6) is -1.74. The van der Waals surface area contributed by atoms with Crippen molar-refractivity contribution in [2.45, 2.75) is 65.1 Å². The van der Waals surface area contributed by atoms with Gasteiger partial charge < -0.3 is 10.2 Å². The third-order valence-electron chi connectivity index (χ3n) is 6.36. The van der Waals surface area contributed by atoms with Gasteiger partial charge in [-0.2, -0.15) is 0 Å². The van der Waals surface area contributed by atoms with E-state index in [9.17, 15) is 18.4 Å². The van der Waals surface area contributed by atoms with Crippen molar-refractivity contribution in [1.29, 1.82) is 0 Å². The number of para-hydroxylation sites is 1. The van der Waals surface area contributed by atoms with Crippen molar-refractivity contribution in [2.24, 2.45) is 0 Å². The van der Waals surface area contributed by atoms with Crippen molar-refractivity contribution >= 4 is 22.6 Å². The standard InChI is InChI=1S/C25H28F2N4O2/c1-4-8-16-9-6-7-10-20(16)29-25(33)31(15(3)5-2)22-11-12-30-23(22)28-21-14-19(27)18(26)13-17(21)24(30)32/h6-7,9-10,13-15,22H,4-5,8,11-12H2,1-3H3,(H,29,33). The summed E-state index contributed by atoms with van der Waals surface area (Å²) in [6.07, 6.45) is 3.00. The van der Waals surface area contributed by atoms with Crippen LogP contribution in [0.1, 0.15) is 57.5 Å². The van der Waals surface area contributed by atoms with Crippen molar-refractivity contribution in [1.82, 2.24) is 14.5 Å². The van der Waals surface area contributed by atoms with E-state index in [1.807, 2.05) is 38.1 Å². The summed E-state index contributed by atoms with van der Waals surface area (Å²) in [4.78, 5) is 32.7. The lowest BCUT2D eigenvalue weighted by atomic mass is 10.1. The molecule has 1 aromatic heterocycles. The maximum absolute atomic E-state index is 13.8. The normalized spacial score (nSPS) is 16.0. The summed E-state index contributed by atoms with van der Waals surface area (Å²) < 4.78 is 29.0. The second kappa shape index (κ2) is 9.29. The highest BCUT2D eigenvalue weighted by Gasteiger charge is 2.36. The lowest BCUT2D eigenvalue weighted by molar-refractivity contribution is 0.157. The molecule has 1 aliphatic heterocycles. The van der Waals surface area contributed by atoms with E-state index in [4.69, 9.17) is 0 Å². The van der Waals surface area contributed by atoms with Gasteiger partial charge in [-0.25, -0.2) is 18.6 Å². The predicted molar refractivity (Wildman–Crippen MR) is 124 cm³/mol. The SMILES string of the molecule is CCCc1ccccc1NC(=O)N(C(C)CC)C1CCn2c1nc1cc(F)c(F)cc1c2=O. The fourth-order valence-corrected chi connectivity index (χ4v) is 4.50. The minimum absolute atomic E-state index is 0.0336. The molecule has 0 fully saturated rings. The number of rotatable bonds is 6. The first-order chi connectivity index (χ1) is 15.8. The van der Waals surface area contributed by atoms with Crippen molar-refractivity contribution < 1.29 is 13.6 Å². The molecule has 33 heavy (non-hydrogen) atoms. The summed E-state index contributed by atoms with van der Waals surface area (Å²) in [6.45, 7) is 6.38. The molecule has 0 spiro atoms. The zero-order valence-electron chi connectivity index (χ0n) is 19.1. The molecule has 0 saturated heterocycles. The molecule has 2 heterocycles. The zero-order valence-corrected chi connectivity index (χ0v) is 19.1. The van der Waals surface area contributed by atoms with E-state index in [1.165, 1.54) is 4.57 Å². The smallest absolute Gasteiger partial charge is 0.312 e. The van der Waals surface area contributed by atoms with Gasteiger partial charge in [0.15, 0.2) is 11.6 Å². The lowest BCUT2D eigenvalue weighted by Gasteiger charge is -2.34.